The number of aryl methyl sites for hydroxylation is 2. The first-order chi connectivity index (χ1) is 9.31. The summed E-state index contributed by atoms with van der Waals surface area (Å²) in [5.74, 6) is 0. The summed E-state index contributed by atoms with van der Waals surface area (Å²) in [5.41, 5.74) is 5.47. The summed E-state index contributed by atoms with van der Waals surface area (Å²) in [7, 11) is 0. The summed E-state index contributed by atoms with van der Waals surface area (Å²) < 4.78 is 0. The molecule has 0 nitrogen and oxygen atoms in total. The van der Waals surface area contributed by atoms with Crippen LogP contribution in [0, 0.1) is 6.92 Å². The first-order valence-corrected chi connectivity index (χ1v) is 7.13. The van der Waals surface area contributed by atoms with Gasteiger partial charge in [0, 0.05) is 0 Å². The summed E-state index contributed by atoms with van der Waals surface area (Å²) in [4.78, 5) is 0. The largest absolute Gasteiger partial charge is 0.0654 e. The normalized spacial score (nSPS) is 11.1. The second-order valence-electron chi connectivity index (χ2n) is 5.00. The van der Waals surface area contributed by atoms with Gasteiger partial charge in [0.25, 0.3) is 0 Å². The van der Waals surface area contributed by atoms with Crippen molar-refractivity contribution in [1.29, 1.82) is 0 Å². The molecule has 0 aliphatic heterocycles. The molecular formula is C19H22. The highest BCUT2D eigenvalue weighted by Crippen LogP contribution is 2.19. The van der Waals surface area contributed by atoms with Gasteiger partial charge in [0.1, 0.15) is 0 Å². The fraction of sp³-hybridized carbons (Fsp3) is 0.263. The molecule has 0 radical (unpaired) electrons. The van der Waals surface area contributed by atoms with E-state index < -0.39 is 0 Å². The second-order valence-corrected chi connectivity index (χ2v) is 5.00. The maximum Gasteiger partial charge on any atom is -0.0195 e. The molecule has 0 N–H and O–H groups in total. The van der Waals surface area contributed by atoms with Gasteiger partial charge in [-0.3, -0.25) is 0 Å². The van der Waals surface area contributed by atoms with Crippen LogP contribution in [0.1, 0.15) is 42.0 Å². The lowest BCUT2D eigenvalue weighted by Crippen LogP contribution is -1.92. The molecule has 0 saturated carbocycles. The third-order valence-corrected chi connectivity index (χ3v) is 3.46. The van der Waals surface area contributed by atoms with Gasteiger partial charge in [-0.15, -0.1) is 0 Å². The quantitative estimate of drug-likeness (QED) is 0.614. The SMILES string of the molecule is CCCCc1cccc(C)c1/C=C/c1ccccc1. The van der Waals surface area contributed by atoms with Gasteiger partial charge in [-0.25, -0.2) is 0 Å². The van der Waals surface area contributed by atoms with E-state index in [4.69, 9.17) is 0 Å². The van der Waals surface area contributed by atoms with Crippen LogP contribution >= 0.6 is 0 Å². The summed E-state index contributed by atoms with van der Waals surface area (Å²) in [6.45, 7) is 4.44. The van der Waals surface area contributed by atoms with Crippen molar-refractivity contribution in [2.24, 2.45) is 0 Å². The molecule has 0 heteroatoms. The van der Waals surface area contributed by atoms with Crippen molar-refractivity contribution >= 4 is 12.2 Å². The van der Waals surface area contributed by atoms with E-state index in [9.17, 15) is 0 Å². The van der Waals surface area contributed by atoms with Crippen LogP contribution in [0.4, 0.5) is 0 Å². The van der Waals surface area contributed by atoms with E-state index in [-0.39, 0.29) is 0 Å². The summed E-state index contributed by atoms with van der Waals surface area (Å²) in [6.07, 6.45) is 8.14. The van der Waals surface area contributed by atoms with Crippen molar-refractivity contribution in [3.63, 3.8) is 0 Å². The van der Waals surface area contributed by atoms with Crippen molar-refractivity contribution in [1.82, 2.24) is 0 Å². The van der Waals surface area contributed by atoms with E-state index in [1.165, 1.54) is 41.5 Å². The molecule has 0 aromatic heterocycles. The first-order valence-electron chi connectivity index (χ1n) is 7.13. The van der Waals surface area contributed by atoms with Crippen LogP contribution in [0.15, 0.2) is 48.5 Å². The smallest absolute Gasteiger partial charge is 0.0195 e. The summed E-state index contributed by atoms with van der Waals surface area (Å²) in [5, 5.41) is 0. The summed E-state index contributed by atoms with van der Waals surface area (Å²) >= 11 is 0. The van der Waals surface area contributed by atoms with E-state index in [0.29, 0.717) is 0 Å². The molecule has 2 aromatic rings. The van der Waals surface area contributed by atoms with E-state index >= 15 is 0 Å². The fourth-order valence-corrected chi connectivity index (χ4v) is 2.31. The highest BCUT2D eigenvalue weighted by Gasteiger charge is 2.02. The Morgan fingerprint density at radius 2 is 1.68 bits per heavy atom. The lowest BCUT2D eigenvalue weighted by molar-refractivity contribution is 0.793. The highest BCUT2D eigenvalue weighted by atomic mass is 14.1. The van der Waals surface area contributed by atoms with Crippen molar-refractivity contribution in [2.75, 3.05) is 0 Å². The number of hydrogen-bond donors (Lipinski definition) is 0. The van der Waals surface area contributed by atoms with Crippen LogP contribution < -0.4 is 0 Å². The molecule has 98 valence electrons. The topological polar surface area (TPSA) is 0 Å². The van der Waals surface area contributed by atoms with Crippen LogP contribution in [-0.4, -0.2) is 0 Å². The van der Waals surface area contributed by atoms with Gasteiger partial charge in [-0.2, -0.15) is 0 Å². The third-order valence-electron chi connectivity index (χ3n) is 3.46. The molecule has 0 saturated heterocycles. The lowest BCUT2D eigenvalue weighted by Gasteiger charge is -2.08. The van der Waals surface area contributed by atoms with E-state index in [0.717, 1.165) is 0 Å². The van der Waals surface area contributed by atoms with Gasteiger partial charge in [-0.1, -0.05) is 74.0 Å². The standard InChI is InChI=1S/C19H22/c1-3-4-12-18-13-8-9-16(2)19(18)15-14-17-10-6-5-7-11-17/h5-11,13-15H,3-4,12H2,1-2H3/b15-14+. The van der Waals surface area contributed by atoms with Crippen molar-refractivity contribution in [2.45, 2.75) is 33.1 Å². The van der Waals surface area contributed by atoms with Gasteiger partial charge >= 0.3 is 0 Å². The molecule has 0 bridgehead atoms. The second kappa shape index (κ2) is 6.94. The monoisotopic (exact) mass is 250 g/mol. The van der Waals surface area contributed by atoms with Gasteiger partial charge < -0.3 is 0 Å². The van der Waals surface area contributed by atoms with E-state index in [1.807, 2.05) is 0 Å². The zero-order valence-electron chi connectivity index (χ0n) is 11.9. The minimum absolute atomic E-state index is 1.17. The predicted molar refractivity (Wildman–Crippen MR) is 85.2 cm³/mol. The predicted octanol–water partition coefficient (Wildman–Crippen LogP) is 5.51. The van der Waals surface area contributed by atoms with Crippen LogP contribution in [0.25, 0.3) is 12.2 Å². The molecule has 0 spiro atoms. The molecule has 0 heterocycles. The Morgan fingerprint density at radius 3 is 2.42 bits per heavy atom. The maximum absolute atomic E-state index is 2.26. The molecule has 0 unspecified atom stereocenters. The molecule has 0 aliphatic rings. The number of benzene rings is 2. The first kappa shape index (κ1) is 13.6. The fourth-order valence-electron chi connectivity index (χ4n) is 2.31. The Labute approximate surface area is 116 Å². The molecular weight excluding hydrogens is 228 g/mol. The molecule has 0 amide bonds. The minimum atomic E-state index is 1.17. The number of unbranched alkanes of at least 4 members (excludes halogenated alkanes) is 1. The summed E-state index contributed by atoms with van der Waals surface area (Å²) in [6, 6.07) is 17.1. The van der Waals surface area contributed by atoms with Gasteiger partial charge in [-0.05, 0) is 42.0 Å². The Kier molecular flexibility index (Phi) is 4.97. The van der Waals surface area contributed by atoms with Crippen LogP contribution in [0.3, 0.4) is 0 Å². The Morgan fingerprint density at radius 1 is 0.895 bits per heavy atom. The average molecular weight is 250 g/mol. The maximum atomic E-state index is 2.26. The van der Waals surface area contributed by atoms with Crippen LogP contribution in [-0.2, 0) is 6.42 Å². The molecule has 2 rings (SSSR count). The highest BCUT2D eigenvalue weighted by molar-refractivity contribution is 5.72. The Hall–Kier alpha value is -1.82. The molecule has 0 atom stereocenters. The lowest BCUT2D eigenvalue weighted by atomic mass is 9.97. The molecule has 0 aliphatic carbocycles. The minimum Gasteiger partial charge on any atom is -0.0654 e. The van der Waals surface area contributed by atoms with Crippen molar-refractivity contribution < 1.29 is 0 Å². The zero-order chi connectivity index (χ0) is 13.5. The third kappa shape index (κ3) is 3.82. The number of rotatable bonds is 5. The molecule has 0 fully saturated rings. The van der Waals surface area contributed by atoms with E-state index in [2.05, 4.69) is 74.5 Å². The Bertz CT molecular complexity index is 535. The van der Waals surface area contributed by atoms with Crippen LogP contribution in [0.2, 0.25) is 0 Å². The van der Waals surface area contributed by atoms with Gasteiger partial charge in [0.2, 0.25) is 0 Å². The van der Waals surface area contributed by atoms with Crippen molar-refractivity contribution in [3.8, 4) is 0 Å². The molecule has 2 aromatic carbocycles. The average Bonchev–Trinajstić information content (AvgIpc) is 2.45. The van der Waals surface area contributed by atoms with Crippen LogP contribution in [0.5, 0.6) is 0 Å². The Balaban J connectivity index is 2.25. The van der Waals surface area contributed by atoms with E-state index in [1.54, 1.807) is 0 Å². The number of hydrogen-bond acceptors (Lipinski definition) is 0. The van der Waals surface area contributed by atoms with Crippen molar-refractivity contribution in [3.05, 3.63) is 70.8 Å². The molecule has 19 heavy (non-hydrogen) atoms. The zero-order valence-corrected chi connectivity index (χ0v) is 11.9. The van der Waals surface area contributed by atoms with Gasteiger partial charge in [0.05, 0.1) is 0 Å². The van der Waals surface area contributed by atoms with Gasteiger partial charge in [0.15, 0.2) is 0 Å².